The van der Waals surface area contributed by atoms with E-state index in [2.05, 4.69) is 33.8 Å². The van der Waals surface area contributed by atoms with Crippen LogP contribution in [0.5, 0.6) is 0 Å². The largest absolute Gasteiger partial charge is 0.388 e. The van der Waals surface area contributed by atoms with Crippen LogP contribution in [0.15, 0.2) is 0 Å². The highest BCUT2D eigenvalue weighted by molar-refractivity contribution is 5.17. The average Bonchev–Trinajstić information content (AvgIpc) is 2.46. The summed E-state index contributed by atoms with van der Waals surface area (Å²) in [5.74, 6) is 1.89. The molecule has 0 aromatic rings. The number of aliphatic hydroxyl groups is 1. The fraction of sp³-hybridized carbons (Fsp3) is 0.947. The Bertz CT molecular complexity index is 399. The van der Waals surface area contributed by atoms with Gasteiger partial charge in [-0.25, -0.2) is 0 Å². The number of hydrogen-bond acceptors (Lipinski definition) is 2. The van der Waals surface area contributed by atoms with Gasteiger partial charge in [-0.05, 0) is 49.4 Å². The van der Waals surface area contributed by atoms with Crippen molar-refractivity contribution in [3.8, 4) is 6.07 Å². The Labute approximate surface area is 130 Å². The third-order valence-corrected chi connectivity index (χ3v) is 6.52. The SMILES string of the molecule is CCC1CCCC(C#N)(C2(O)CC(C)CCC2C(C)C)C1. The fourth-order valence-corrected chi connectivity index (χ4v) is 5.25. The summed E-state index contributed by atoms with van der Waals surface area (Å²) in [5.41, 5.74) is -1.28. The summed E-state index contributed by atoms with van der Waals surface area (Å²) in [6.45, 7) is 8.91. The van der Waals surface area contributed by atoms with Gasteiger partial charge in [0.2, 0.25) is 0 Å². The Morgan fingerprint density at radius 3 is 2.52 bits per heavy atom. The van der Waals surface area contributed by atoms with Crippen molar-refractivity contribution in [1.29, 1.82) is 5.26 Å². The van der Waals surface area contributed by atoms with Crippen molar-refractivity contribution in [2.45, 2.75) is 84.7 Å². The van der Waals surface area contributed by atoms with Gasteiger partial charge in [-0.3, -0.25) is 0 Å². The van der Waals surface area contributed by atoms with Gasteiger partial charge in [-0.15, -0.1) is 0 Å². The first-order chi connectivity index (χ1) is 9.88. The predicted octanol–water partition coefficient (Wildman–Crippen LogP) is 4.92. The molecule has 2 fully saturated rings. The highest BCUT2D eigenvalue weighted by Gasteiger charge is 2.58. The Balaban J connectivity index is 2.38. The molecular formula is C19H33NO. The Hall–Kier alpha value is -0.550. The summed E-state index contributed by atoms with van der Waals surface area (Å²) < 4.78 is 0. The minimum Gasteiger partial charge on any atom is -0.388 e. The van der Waals surface area contributed by atoms with Gasteiger partial charge in [0.1, 0.15) is 0 Å². The molecule has 1 N–H and O–H groups in total. The first-order valence-electron chi connectivity index (χ1n) is 9.02. The van der Waals surface area contributed by atoms with Crippen molar-refractivity contribution >= 4 is 0 Å². The number of nitrogens with zero attached hydrogens (tertiary/aromatic N) is 1. The number of nitriles is 1. The van der Waals surface area contributed by atoms with Crippen LogP contribution in [0.1, 0.15) is 79.1 Å². The molecule has 0 radical (unpaired) electrons. The maximum absolute atomic E-state index is 11.7. The van der Waals surface area contributed by atoms with Crippen LogP contribution in [0, 0.1) is 40.4 Å². The predicted molar refractivity (Wildman–Crippen MR) is 86.6 cm³/mol. The molecule has 2 rings (SSSR count). The lowest BCUT2D eigenvalue weighted by Crippen LogP contribution is -2.58. The van der Waals surface area contributed by atoms with E-state index < -0.39 is 11.0 Å². The van der Waals surface area contributed by atoms with Gasteiger partial charge >= 0.3 is 0 Å². The van der Waals surface area contributed by atoms with Crippen LogP contribution in [0.2, 0.25) is 0 Å². The maximum Gasteiger partial charge on any atom is 0.0866 e. The Kier molecular flexibility index (Phi) is 5.03. The summed E-state index contributed by atoms with van der Waals surface area (Å²) >= 11 is 0. The lowest BCUT2D eigenvalue weighted by Gasteiger charge is -2.55. The summed E-state index contributed by atoms with van der Waals surface area (Å²) in [4.78, 5) is 0. The zero-order valence-corrected chi connectivity index (χ0v) is 14.4. The first-order valence-corrected chi connectivity index (χ1v) is 9.02. The highest BCUT2D eigenvalue weighted by atomic mass is 16.3. The van der Waals surface area contributed by atoms with Gasteiger partial charge in [0.15, 0.2) is 0 Å². The molecular weight excluding hydrogens is 258 g/mol. The standard InChI is InChI=1S/C19H33NO/c1-5-16-7-6-10-18(12-16,13-20)19(21)11-15(4)8-9-17(19)14(2)3/h14-17,21H,5-12H2,1-4H3. The van der Waals surface area contributed by atoms with E-state index in [1.165, 1.54) is 12.8 Å². The monoisotopic (exact) mass is 291 g/mol. The molecule has 21 heavy (non-hydrogen) atoms. The molecule has 0 bridgehead atoms. The minimum atomic E-state index is -0.776. The van der Waals surface area contributed by atoms with Crippen molar-refractivity contribution in [2.24, 2.45) is 29.1 Å². The summed E-state index contributed by atoms with van der Waals surface area (Å²) in [5, 5.41) is 21.8. The number of hydrogen-bond donors (Lipinski definition) is 1. The smallest absolute Gasteiger partial charge is 0.0866 e. The second-order valence-electron chi connectivity index (χ2n) is 8.23. The molecule has 0 heterocycles. The van der Waals surface area contributed by atoms with E-state index >= 15 is 0 Å². The topological polar surface area (TPSA) is 44.0 Å². The zero-order valence-electron chi connectivity index (χ0n) is 14.4. The van der Waals surface area contributed by atoms with Crippen molar-refractivity contribution in [1.82, 2.24) is 0 Å². The van der Waals surface area contributed by atoms with E-state index in [4.69, 9.17) is 0 Å². The van der Waals surface area contributed by atoms with Crippen LogP contribution < -0.4 is 0 Å². The van der Waals surface area contributed by atoms with Gasteiger partial charge in [0, 0.05) is 0 Å². The van der Waals surface area contributed by atoms with Gasteiger partial charge in [-0.2, -0.15) is 5.26 Å². The van der Waals surface area contributed by atoms with Crippen molar-refractivity contribution in [3.63, 3.8) is 0 Å². The van der Waals surface area contributed by atoms with Crippen molar-refractivity contribution in [3.05, 3.63) is 0 Å². The van der Waals surface area contributed by atoms with E-state index in [0.29, 0.717) is 17.8 Å². The molecule has 2 aliphatic carbocycles. The molecule has 0 aromatic carbocycles. The third-order valence-electron chi connectivity index (χ3n) is 6.52. The third kappa shape index (κ3) is 2.87. The van der Waals surface area contributed by atoms with Gasteiger partial charge in [0.25, 0.3) is 0 Å². The molecule has 0 aliphatic heterocycles. The number of rotatable bonds is 3. The van der Waals surface area contributed by atoms with Crippen molar-refractivity contribution in [2.75, 3.05) is 0 Å². The second-order valence-corrected chi connectivity index (χ2v) is 8.23. The van der Waals surface area contributed by atoms with Gasteiger partial charge < -0.3 is 5.11 Å². The zero-order chi connectivity index (χ0) is 15.7. The van der Waals surface area contributed by atoms with E-state index in [9.17, 15) is 10.4 Å². The molecule has 2 nitrogen and oxygen atoms in total. The lowest BCUT2D eigenvalue weighted by atomic mass is 9.51. The molecule has 2 saturated carbocycles. The van der Waals surface area contributed by atoms with Gasteiger partial charge in [0.05, 0.1) is 17.1 Å². The van der Waals surface area contributed by atoms with Gasteiger partial charge in [-0.1, -0.05) is 53.4 Å². The van der Waals surface area contributed by atoms with Crippen molar-refractivity contribution < 1.29 is 5.11 Å². The summed E-state index contributed by atoms with van der Waals surface area (Å²) in [7, 11) is 0. The minimum absolute atomic E-state index is 0.281. The second kappa shape index (κ2) is 6.29. The molecule has 5 atom stereocenters. The van der Waals surface area contributed by atoms with E-state index in [0.717, 1.165) is 38.5 Å². The molecule has 0 amide bonds. The van der Waals surface area contributed by atoms with E-state index in [1.807, 2.05) is 0 Å². The molecule has 2 aliphatic rings. The Morgan fingerprint density at radius 1 is 1.24 bits per heavy atom. The molecule has 2 heteroatoms. The molecule has 0 saturated heterocycles. The molecule has 0 spiro atoms. The average molecular weight is 291 g/mol. The van der Waals surface area contributed by atoms with E-state index in [1.54, 1.807) is 0 Å². The maximum atomic E-state index is 11.7. The van der Waals surface area contributed by atoms with Crippen LogP contribution in [-0.2, 0) is 0 Å². The highest BCUT2D eigenvalue weighted by Crippen LogP contribution is 2.57. The summed E-state index contributed by atoms with van der Waals surface area (Å²) in [6, 6.07) is 2.65. The molecule has 120 valence electrons. The molecule has 5 unspecified atom stereocenters. The summed E-state index contributed by atoms with van der Waals surface area (Å²) in [6.07, 6.45) is 8.38. The van der Waals surface area contributed by atoms with Crippen LogP contribution in [0.25, 0.3) is 0 Å². The molecule has 0 aromatic heterocycles. The normalized spacial score (nSPS) is 44.5. The van der Waals surface area contributed by atoms with Crippen LogP contribution >= 0.6 is 0 Å². The lowest BCUT2D eigenvalue weighted by molar-refractivity contribution is -0.164. The first kappa shape index (κ1) is 16.8. The van der Waals surface area contributed by atoms with Crippen LogP contribution in [0.4, 0.5) is 0 Å². The van der Waals surface area contributed by atoms with Crippen LogP contribution in [-0.4, -0.2) is 10.7 Å². The van der Waals surface area contributed by atoms with E-state index in [-0.39, 0.29) is 5.92 Å². The fourth-order valence-electron chi connectivity index (χ4n) is 5.25. The quantitative estimate of drug-likeness (QED) is 0.802. The Morgan fingerprint density at radius 2 is 1.95 bits per heavy atom. The van der Waals surface area contributed by atoms with Crippen LogP contribution in [0.3, 0.4) is 0 Å².